The third-order valence-electron chi connectivity index (χ3n) is 7.84. The number of nitrogens with zero attached hydrogens (tertiary/aromatic N) is 1. The third-order valence-corrected chi connectivity index (χ3v) is 10.1. The molecule has 4 atom stereocenters. The number of aliphatic hydroxyl groups is 1. The van der Waals surface area contributed by atoms with Crippen molar-refractivity contribution in [1.29, 1.82) is 0 Å². The molecule has 3 rings (SSSR count). The lowest BCUT2D eigenvalue weighted by Crippen LogP contribution is -2.56. The van der Waals surface area contributed by atoms with Crippen LogP contribution in [0.25, 0.3) is 0 Å². The lowest BCUT2D eigenvalue weighted by atomic mass is 9.62. The Balaban J connectivity index is 1.57. The van der Waals surface area contributed by atoms with Crippen LogP contribution >= 0.6 is 0 Å². The van der Waals surface area contributed by atoms with Crippen LogP contribution in [0.1, 0.15) is 58.8 Å². The first-order chi connectivity index (χ1) is 18.0. The maximum Gasteiger partial charge on any atom is 0.408 e. The van der Waals surface area contributed by atoms with Crippen molar-refractivity contribution in [3.05, 3.63) is 0 Å². The summed E-state index contributed by atoms with van der Waals surface area (Å²) in [6.07, 6.45) is 2.83. The van der Waals surface area contributed by atoms with Gasteiger partial charge in [0, 0.05) is 25.6 Å². The van der Waals surface area contributed by atoms with Gasteiger partial charge >= 0.3 is 6.09 Å². The molecule has 3 fully saturated rings. The number of hydrogen-bond donors (Lipinski definition) is 5. The molecule has 0 aromatic heterocycles. The minimum atomic E-state index is -4.95. The summed E-state index contributed by atoms with van der Waals surface area (Å²) >= 11 is 0. The second kappa shape index (κ2) is 12.2. The number of ether oxygens (including phenoxy) is 1. The zero-order valence-corrected chi connectivity index (χ0v) is 24.1. The average molecular weight is 597 g/mol. The summed E-state index contributed by atoms with van der Waals surface area (Å²) in [5, 5.41) is 17.7. The fourth-order valence-corrected chi connectivity index (χ4v) is 7.07. The van der Waals surface area contributed by atoms with E-state index in [0.717, 1.165) is 0 Å². The predicted octanol–water partition coefficient (Wildman–Crippen LogP) is -0.451. The number of aliphatic hydroxyl groups excluding tert-OH is 1. The van der Waals surface area contributed by atoms with Crippen molar-refractivity contribution in [3.8, 4) is 0 Å². The second-order valence-electron chi connectivity index (χ2n) is 11.5. The van der Waals surface area contributed by atoms with Crippen molar-refractivity contribution in [1.82, 2.24) is 20.3 Å². The van der Waals surface area contributed by atoms with Gasteiger partial charge in [0.2, 0.25) is 27.3 Å². The van der Waals surface area contributed by atoms with Crippen LogP contribution in [0.4, 0.5) is 4.79 Å². The second-order valence-corrected chi connectivity index (χ2v) is 15.0. The van der Waals surface area contributed by atoms with E-state index < -0.39 is 55.6 Å². The number of carbonyl (C=O) groups is 3. The summed E-state index contributed by atoms with van der Waals surface area (Å²) in [6, 6.07) is -2.61. The molecule has 39 heavy (non-hydrogen) atoms. The van der Waals surface area contributed by atoms with Crippen LogP contribution in [0.2, 0.25) is 0 Å². The third kappa shape index (κ3) is 8.49. The number of carbonyl (C=O) groups excluding carboxylic acids is 3. The fraction of sp³-hybridized carbons (Fsp3) is 0.870. The Morgan fingerprint density at radius 3 is 2.26 bits per heavy atom. The average Bonchev–Trinajstić information content (AvgIpc) is 3.19. The first-order valence-corrected chi connectivity index (χ1v) is 16.5. The predicted molar refractivity (Wildman–Crippen MR) is 139 cm³/mol. The molecule has 2 aliphatic heterocycles. The van der Waals surface area contributed by atoms with E-state index in [9.17, 15) is 40.9 Å². The van der Waals surface area contributed by atoms with E-state index in [1.54, 1.807) is 0 Å². The summed E-state index contributed by atoms with van der Waals surface area (Å²) in [7, 11) is -8.19. The van der Waals surface area contributed by atoms with E-state index in [1.807, 2.05) is 13.8 Å². The summed E-state index contributed by atoms with van der Waals surface area (Å²) in [4.78, 5) is 37.8. The lowest BCUT2D eigenvalue weighted by Gasteiger charge is -2.50. The molecule has 3 aliphatic rings. The highest BCUT2D eigenvalue weighted by Crippen LogP contribution is 2.50. The van der Waals surface area contributed by atoms with Crippen LogP contribution in [0.5, 0.6) is 0 Å². The number of hydrogen-bond acceptors (Lipinski definition) is 9. The maximum atomic E-state index is 13.1. The molecule has 224 valence electrons. The summed E-state index contributed by atoms with van der Waals surface area (Å²) in [5.41, 5.74) is -2.44. The number of alkyl carbamates (subject to hydrolysis) is 1. The normalized spacial score (nSPS) is 24.5. The monoisotopic (exact) mass is 596 g/mol. The zero-order chi connectivity index (χ0) is 29.2. The molecule has 16 heteroatoms. The molecular weight excluding hydrogens is 556 g/mol. The van der Waals surface area contributed by atoms with Gasteiger partial charge in [0.25, 0.3) is 10.1 Å². The molecular formula is C23H40N4O10S2. The molecule has 2 saturated heterocycles. The number of amides is 3. The van der Waals surface area contributed by atoms with Crippen molar-refractivity contribution in [2.45, 2.75) is 82.4 Å². The van der Waals surface area contributed by atoms with Gasteiger partial charge in [0.15, 0.2) is 0 Å². The molecule has 5 N–H and O–H groups in total. The van der Waals surface area contributed by atoms with Crippen molar-refractivity contribution >= 4 is 38.0 Å². The minimum absolute atomic E-state index is 0.0568. The molecule has 2 heterocycles. The van der Waals surface area contributed by atoms with Gasteiger partial charge in [-0.05, 0) is 56.3 Å². The molecule has 1 unspecified atom stereocenters. The Morgan fingerprint density at radius 2 is 1.77 bits per heavy atom. The number of nitrogens with one attached hydrogen (secondary N) is 3. The molecule has 1 aliphatic carbocycles. The Kier molecular flexibility index (Phi) is 9.89. The van der Waals surface area contributed by atoms with Crippen LogP contribution in [0.3, 0.4) is 0 Å². The van der Waals surface area contributed by atoms with Gasteiger partial charge in [-0.1, -0.05) is 13.8 Å². The highest BCUT2D eigenvalue weighted by molar-refractivity contribution is 7.88. The standard InChI is InChI=1S/C23H40N4O10S2/c1-14(2)10-17(20(29)25-18(21(30)39(34,35)36)11-15-4-7-24-19(15)28)26-22(31)37-16-12-23(13-16)5-8-27(9-6-23)38(3,32)33/h14-18,21,30H,4-13H2,1-3H3,(H,24,28)(H,25,29)(H,26,31)(H,34,35,36)/t15-,17+,18+,21?/m1/s1. The molecule has 1 saturated carbocycles. The van der Waals surface area contributed by atoms with Gasteiger partial charge < -0.3 is 25.8 Å². The Labute approximate surface area is 229 Å². The quantitative estimate of drug-likeness (QED) is 0.194. The van der Waals surface area contributed by atoms with Gasteiger partial charge in [-0.2, -0.15) is 8.42 Å². The largest absolute Gasteiger partial charge is 0.446 e. The van der Waals surface area contributed by atoms with Gasteiger partial charge in [-0.3, -0.25) is 14.1 Å². The molecule has 14 nitrogen and oxygen atoms in total. The summed E-state index contributed by atoms with van der Waals surface area (Å²) in [5.74, 6) is -1.86. The van der Waals surface area contributed by atoms with Crippen molar-refractivity contribution < 1.29 is 45.6 Å². The van der Waals surface area contributed by atoms with E-state index >= 15 is 0 Å². The molecule has 1 spiro atoms. The van der Waals surface area contributed by atoms with Crippen LogP contribution in [0.15, 0.2) is 0 Å². The minimum Gasteiger partial charge on any atom is -0.446 e. The molecule has 0 radical (unpaired) electrons. The van der Waals surface area contributed by atoms with Crippen molar-refractivity contribution in [3.63, 3.8) is 0 Å². The number of piperidine rings is 1. The van der Waals surface area contributed by atoms with E-state index in [0.29, 0.717) is 51.7 Å². The number of rotatable bonds is 11. The zero-order valence-electron chi connectivity index (χ0n) is 22.5. The Hall–Kier alpha value is -2.01. The van der Waals surface area contributed by atoms with E-state index in [4.69, 9.17) is 4.74 Å². The van der Waals surface area contributed by atoms with E-state index in [-0.39, 0.29) is 36.2 Å². The van der Waals surface area contributed by atoms with Crippen LogP contribution in [-0.2, 0) is 34.5 Å². The summed E-state index contributed by atoms with van der Waals surface area (Å²) < 4.78 is 63.1. The number of sulfonamides is 1. The smallest absolute Gasteiger partial charge is 0.408 e. The fourth-order valence-electron chi connectivity index (χ4n) is 5.63. The SMILES string of the molecule is CC(C)C[C@H](NC(=O)OC1CC2(CCN(S(C)(=O)=O)CC2)C1)C(=O)N[C@@H](C[C@H]1CCNC1=O)C(O)S(=O)(=O)O. The van der Waals surface area contributed by atoms with Crippen LogP contribution in [0, 0.1) is 17.3 Å². The van der Waals surface area contributed by atoms with Crippen LogP contribution in [-0.4, -0.2) is 98.2 Å². The van der Waals surface area contributed by atoms with Gasteiger partial charge in [-0.15, -0.1) is 0 Å². The Bertz CT molecular complexity index is 1130. The van der Waals surface area contributed by atoms with Crippen molar-refractivity contribution in [2.24, 2.45) is 17.3 Å². The highest BCUT2D eigenvalue weighted by Gasteiger charge is 2.48. The Morgan fingerprint density at radius 1 is 1.15 bits per heavy atom. The summed E-state index contributed by atoms with van der Waals surface area (Å²) in [6.45, 7) is 4.85. The maximum absolute atomic E-state index is 13.1. The van der Waals surface area contributed by atoms with E-state index in [2.05, 4.69) is 16.0 Å². The topological polar surface area (TPSA) is 209 Å². The van der Waals surface area contributed by atoms with Crippen LogP contribution < -0.4 is 16.0 Å². The van der Waals surface area contributed by atoms with Gasteiger partial charge in [-0.25, -0.2) is 17.5 Å². The molecule has 0 bridgehead atoms. The molecule has 3 amide bonds. The molecule has 0 aromatic carbocycles. The van der Waals surface area contributed by atoms with Gasteiger partial charge in [0.05, 0.1) is 12.3 Å². The first-order valence-electron chi connectivity index (χ1n) is 13.1. The first kappa shape index (κ1) is 31.5. The van der Waals surface area contributed by atoms with Crippen molar-refractivity contribution in [2.75, 3.05) is 25.9 Å². The van der Waals surface area contributed by atoms with E-state index in [1.165, 1.54) is 10.6 Å². The lowest BCUT2D eigenvalue weighted by molar-refractivity contribution is -0.126. The highest BCUT2D eigenvalue weighted by atomic mass is 32.2. The molecule has 0 aromatic rings. The van der Waals surface area contributed by atoms with Gasteiger partial charge in [0.1, 0.15) is 12.1 Å².